The van der Waals surface area contributed by atoms with Gasteiger partial charge in [0.2, 0.25) is 15.9 Å². The SMILES string of the molecule is CCc1cc(C2=CCN(S(C)(=O)=O)CC2)ncc1Nc1cc2c(ncn2C)c(N(Cc2ccc(OC)cc2)C(=O)C2CC2)n1. The normalized spacial score (nSPS) is 15.7. The number of rotatable bonds is 10. The van der Waals surface area contributed by atoms with Crippen molar-refractivity contribution in [2.24, 2.45) is 13.0 Å². The van der Waals surface area contributed by atoms with Gasteiger partial charge in [-0.05, 0) is 60.6 Å². The number of aromatic nitrogens is 4. The summed E-state index contributed by atoms with van der Waals surface area (Å²) in [7, 11) is 0.336. The molecule has 1 aliphatic carbocycles. The lowest BCUT2D eigenvalue weighted by atomic mass is 10.0. The van der Waals surface area contributed by atoms with Crippen LogP contribution in [-0.2, 0) is 34.8 Å². The van der Waals surface area contributed by atoms with Gasteiger partial charge in [-0.25, -0.2) is 18.4 Å². The molecule has 1 aliphatic heterocycles. The number of nitrogens with zero attached hydrogens (tertiary/aromatic N) is 6. The second-order valence-electron chi connectivity index (χ2n) is 11.4. The molecule has 2 aliphatic rings. The fourth-order valence-electron chi connectivity index (χ4n) is 5.48. The first-order valence-corrected chi connectivity index (χ1v) is 16.7. The van der Waals surface area contributed by atoms with E-state index in [9.17, 15) is 13.2 Å². The Morgan fingerprint density at radius 2 is 1.93 bits per heavy atom. The molecule has 6 rings (SSSR count). The molecule has 3 aromatic heterocycles. The summed E-state index contributed by atoms with van der Waals surface area (Å²) in [5.41, 5.74) is 6.24. The van der Waals surface area contributed by atoms with E-state index in [1.54, 1.807) is 24.5 Å². The number of methoxy groups -OCH3 is 1. The number of anilines is 3. The molecule has 1 fully saturated rings. The van der Waals surface area contributed by atoms with E-state index in [1.165, 1.54) is 10.6 Å². The molecule has 4 heterocycles. The number of hydrogen-bond acceptors (Lipinski definition) is 8. The van der Waals surface area contributed by atoms with Crippen molar-refractivity contribution in [3.8, 4) is 5.75 Å². The zero-order chi connectivity index (χ0) is 31.0. The topological polar surface area (TPSA) is 123 Å². The minimum atomic E-state index is -3.22. The molecule has 0 atom stereocenters. The van der Waals surface area contributed by atoms with Crippen LogP contribution in [0.2, 0.25) is 0 Å². The van der Waals surface area contributed by atoms with Crippen LogP contribution in [0.15, 0.2) is 55.0 Å². The summed E-state index contributed by atoms with van der Waals surface area (Å²) in [6.45, 7) is 3.24. The third-order valence-corrected chi connectivity index (χ3v) is 9.52. The van der Waals surface area contributed by atoms with Crippen molar-refractivity contribution >= 4 is 49.9 Å². The van der Waals surface area contributed by atoms with Crippen LogP contribution < -0.4 is 15.0 Å². The summed E-state index contributed by atoms with van der Waals surface area (Å²) >= 11 is 0. The van der Waals surface area contributed by atoms with Gasteiger partial charge in [0.05, 0.1) is 49.3 Å². The molecule has 12 heteroatoms. The molecule has 0 bridgehead atoms. The molecule has 0 unspecified atom stereocenters. The van der Waals surface area contributed by atoms with E-state index in [2.05, 4.69) is 23.3 Å². The summed E-state index contributed by atoms with van der Waals surface area (Å²) in [5.74, 6) is 1.90. The van der Waals surface area contributed by atoms with E-state index in [0.29, 0.717) is 43.2 Å². The van der Waals surface area contributed by atoms with Crippen molar-refractivity contribution in [2.45, 2.75) is 39.2 Å². The van der Waals surface area contributed by atoms with Crippen molar-refractivity contribution in [3.05, 3.63) is 71.8 Å². The first-order valence-electron chi connectivity index (χ1n) is 14.8. The molecular weight excluding hydrogens is 578 g/mol. The summed E-state index contributed by atoms with van der Waals surface area (Å²) in [4.78, 5) is 29.8. The quantitative estimate of drug-likeness (QED) is 0.273. The van der Waals surface area contributed by atoms with Gasteiger partial charge < -0.3 is 14.6 Å². The van der Waals surface area contributed by atoms with E-state index in [4.69, 9.17) is 14.7 Å². The van der Waals surface area contributed by atoms with Crippen molar-refractivity contribution < 1.29 is 17.9 Å². The Kier molecular flexibility index (Phi) is 8.12. The lowest BCUT2D eigenvalue weighted by Gasteiger charge is -2.24. The lowest BCUT2D eigenvalue weighted by Crippen LogP contribution is -2.33. The standard InChI is InChI=1S/C32H37N7O4S/c1-5-22-16-26(23-12-14-38(15-13-23)44(4,41)42)33-18-27(22)35-29-17-28-30(34-20-37(28)2)31(36-29)39(32(40)24-8-9-24)19-21-6-10-25(43-3)11-7-21/h6-7,10-12,16-18,20,24H,5,8-9,13-15,19H2,1-4H3,(H,35,36). The molecule has 1 saturated carbocycles. The average molecular weight is 616 g/mol. The number of fused-ring (bicyclic) bond motifs is 1. The van der Waals surface area contributed by atoms with Gasteiger partial charge in [-0.15, -0.1) is 0 Å². The van der Waals surface area contributed by atoms with Crippen LogP contribution >= 0.6 is 0 Å². The highest BCUT2D eigenvalue weighted by Crippen LogP contribution is 2.36. The van der Waals surface area contributed by atoms with Gasteiger partial charge in [0.15, 0.2) is 5.82 Å². The van der Waals surface area contributed by atoms with Gasteiger partial charge in [0.1, 0.15) is 17.1 Å². The van der Waals surface area contributed by atoms with Crippen LogP contribution in [0.25, 0.3) is 16.6 Å². The Labute approximate surface area is 257 Å². The summed E-state index contributed by atoms with van der Waals surface area (Å²) in [5, 5.41) is 3.47. The largest absolute Gasteiger partial charge is 0.497 e. The van der Waals surface area contributed by atoms with E-state index in [-0.39, 0.29) is 11.8 Å². The number of pyridine rings is 2. The Morgan fingerprint density at radius 1 is 1.16 bits per heavy atom. The van der Waals surface area contributed by atoms with Gasteiger partial charge in [0.25, 0.3) is 0 Å². The number of hydrogen-bond donors (Lipinski definition) is 1. The number of aryl methyl sites for hydroxylation is 2. The van der Waals surface area contributed by atoms with Crippen LogP contribution in [-0.4, -0.2) is 64.6 Å². The molecule has 230 valence electrons. The number of sulfonamides is 1. The first-order chi connectivity index (χ1) is 21.1. The monoisotopic (exact) mass is 615 g/mol. The van der Waals surface area contributed by atoms with Crippen molar-refractivity contribution in [3.63, 3.8) is 0 Å². The van der Waals surface area contributed by atoms with E-state index in [1.807, 2.05) is 48.0 Å². The Hall–Kier alpha value is -4.29. The molecule has 0 radical (unpaired) electrons. The molecule has 0 spiro atoms. The Bertz CT molecular complexity index is 1850. The van der Waals surface area contributed by atoms with Gasteiger partial charge in [-0.2, -0.15) is 4.31 Å². The number of benzene rings is 1. The number of imidazole rings is 1. The van der Waals surface area contributed by atoms with Gasteiger partial charge in [-0.3, -0.25) is 14.7 Å². The van der Waals surface area contributed by atoms with Crippen LogP contribution in [0.1, 0.15) is 43.0 Å². The maximum absolute atomic E-state index is 13.7. The zero-order valence-corrected chi connectivity index (χ0v) is 26.3. The van der Waals surface area contributed by atoms with Gasteiger partial charge >= 0.3 is 0 Å². The number of carbonyl (C=O) groups is 1. The summed E-state index contributed by atoms with van der Waals surface area (Å²) < 4.78 is 32.6. The van der Waals surface area contributed by atoms with Gasteiger partial charge in [-0.1, -0.05) is 25.1 Å². The fraction of sp³-hybridized carbons (Fsp3) is 0.375. The predicted molar refractivity (Wildman–Crippen MR) is 171 cm³/mol. The third-order valence-electron chi connectivity index (χ3n) is 8.25. The second kappa shape index (κ2) is 12.0. The summed E-state index contributed by atoms with van der Waals surface area (Å²) in [6.07, 6.45) is 9.84. The third kappa shape index (κ3) is 6.18. The maximum atomic E-state index is 13.7. The number of nitrogens with one attached hydrogen (secondary N) is 1. The maximum Gasteiger partial charge on any atom is 0.231 e. The van der Waals surface area contributed by atoms with Crippen LogP contribution in [0.3, 0.4) is 0 Å². The minimum absolute atomic E-state index is 0.00697. The van der Waals surface area contributed by atoms with Crippen LogP contribution in [0.4, 0.5) is 17.3 Å². The fourth-order valence-corrected chi connectivity index (χ4v) is 6.25. The van der Waals surface area contributed by atoms with Crippen molar-refractivity contribution in [2.75, 3.05) is 36.7 Å². The molecule has 1 aromatic carbocycles. The highest BCUT2D eigenvalue weighted by atomic mass is 32.2. The molecule has 0 saturated heterocycles. The lowest BCUT2D eigenvalue weighted by molar-refractivity contribution is -0.119. The molecule has 1 amide bonds. The highest BCUT2D eigenvalue weighted by molar-refractivity contribution is 7.88. The van der Waals surface area contributed by atoms with Crippen LogP contribution in [0.5, 0.6) is 5.75 Å². The number of amides is 1. The molecule has 1 N–H and O–H groups in total. The predicted octanol–water partition coefficient (Wildman–Crippen LogP) is 4.67. The summed E-state index contributed by atoms with van der Waals surface area (Å²) in [6, 6.07) is 11.7. The number of carbonyl (C=O) groups excluding carboxylic acids is 1. The molecule has 4 aromatic rings. The van der Waals surface area contributed by atoms with Crippen molar-refractivity contribution in [1.29, 1.82) is 0 Å². The van der Waals surface area contributed by atoms with Crippen molar-refractivity contribution in [1.82, 2.24) is 23.8 Å². The first kappa shape index (κ1) is 29.8. The Balaban J connectivity index is 1.33. The second-order valence-corrected chi connectivity index (χ2v) is 13.4. The molecular formula is C32H37N7O4S. The van der Waals surface area contributed by atoms with Gasteiger partial charge in [0, 0.05) is 32.1 Å². The smallest absolute Gasteiger partial charge is 0.231 e. The van der Waals surface area contributed by atoms with Crippen LogP contribution in [0, 0.1) is 5.92 Å². The molecule has 44 heavy (non-hydrogen) atoms. The average Bonchev–Trinajstić information content (AvgIpc) is 3.82. The highest BCUT2D eigenvalue weighted by Gasteiger charge is 2.36. The van der Waals surface area contributed by atoms with E-state index < -0.39 is 10.0 Å². The molecule has 11 nitrogen and oxygen atoms in total. The zero-order valence-electron chi connectivity index (χ0n) is 25.4. The van der Waals surface area contributed by atoms with E-state index in [0.717, 1.165) is 58.6 Å². The minimum Gasteiger partial charge on any atom is -0.497 e. The number of ether oxygens (including phenoxy) is 1. The van der Waals surface area contributed by atoms with E-state index >= 15 is 0 Å². The Morgan fingerprint density at radius 3 is 2.57 bits per heavy atom.